The Morgan fingerprint density at radius 1 is 1.10 bits per heavy atom. The zero-order valence-electron chi connectivity index (χ0n) is 23.0. The number of alkyl halides is 3. The molecule has 0 saturated carbocycles. The van der Waals surface area contributed by atoms with Gasteiger partial charge in [0.25, 0.3) is 0 Å². The first-order chi connectivity index (χ1) is 19.2. The highest BCUT2D eigenvalue weighted by Gasteiger charge is 2.56. The quantitative estimate of drug-likeness (QED) is 0.209. The molecule has 0 fully saturated rings. The maximum absolute atomic E-state index is 14.4. The third-order valence-electron chi connectivity index (χ3n) is 6.75. The van der Waals surface area contributed by atoms with Gasteiger partial charge in [0.15, 0.2) is 11.2 Å². The number of carbonyl (C=O) groups is 1. The van der Waals surface area contributed by atoms with Crippen molar-refractivity contribution in [3.05, 3.63) is 71.4 Å². The molecule has 1 atom stereocenters. The summed E-state index contributed by atoms with van der Waals surface area (Å²) in [4.78, 5) is 20.6. The van der Waals surface area contributed by atoms with E-state index in [9.17, 15) is 27.5 Å². The number of hydrogen-bond acceptors (Lipinski definition) is 8. The molecule has 218 valence electrons. The van der Waals surface area contributed by atoms with Crippen LogP contribution in [0.2, 0.25) is 0 Å². The molecular formula is C28H29F4N5O4. The normalized spacial score (nSPS) is 13.6. The number of hydrogen-bond donors (Lipinski definition) is 2. The second kappa shape index (κ2) is 11.0. The Hall–Kier alpha value is -4.26. The van der Waals surface area contributed by atoms with Crippen molar-refractivity contribution in [2.75, 3.05) is 26.1 Å². The van der Waals surface area contributed by atoms with E-state index in [1.54, 1.807) is 25.1 Å². The van der Waals surface area contributed by atoms with Crippen molar-refractivity contribution in [2.45, 2.75) is 44.4 Å². The summed E-state index contributed by atoms with van der Waals surface area (Å²) in [6.07, 6.45) is -4.50. The highest BCUT2D eigenvalue weighted by atomic mass is 19.4. The van der Waals surface area contributed by atoms with Crippen LogP contribution in [0.4, 0.5) is 23.4 Å². The minimum absolute atomic E-state index is 0.0201. The van der Waals surface area contributed by atoms with Gasteiger partial charge in [-0.1, -0.05) is 19.9 Å². The number of nitrogens with one attached hydrogen (secondary N) is 1. The maximum Gasteiger partial charge on any atom is 0.418 e. The number of rotatable bonds is 9. The largest absolute Gasteiger partial charge is 0.496 e. The molecule has 4 rings (SSSR count). The van der Waals surface area contributed by atoms with Crippen molar-refractivity contribution in [3.63, 3.8) is 0 Å². The third kappa shape index (κ3) is 5.94. The number of methoxy groups -OCH3 is 2. The molecule has 0 aliphatic heterocycles. The van der Waals surface area contributed by atoms with E-state index < -0.39 is 41.9 Å². The van der Waals surface area contributed by atoms with Crippen LogP contribution in [0.15, 0.2) is 48.7 Å². The monoisotopic (exact) mass is 575 g/mol. The van der Waals surface area contributed by atoms with Gasteiger partial charge in [-0.15, -0.1) is 0 Å². The predicted octanol–water partition coefficient (Wildman–Crippen LogP) is 5.13. The topological polar surface area (TPSA) is 111 Å². The first-order valence-electron chi connectivity index (χ1n) is 12.5. The van der Waals surface area contributed by atoms with E-state index in [0.29, 0.717) is 5.69 Å². The summed E-state index contributed by atoms with van der Waals surface area (Å²) in [6, 6.07) is 9.97. The van der Waals surface area contributed by atoms with Crippen molar-refractivity contribution in [2.24, 2.45) is 0 Å². The lowest BCUT2D eigenvalue weighted by atomic mass is 9.74. The van der Waals surface area contributed by atoms with Gasteiger partial charge in [0.05, 0.1) is 43.6 Å². The number of aryl methyl sites for hydroxylation is 1. The molecule has 1 unspecified atom stereocenters. The first-order valence-corrected chi connectivity index (χ1v) is 12.5. The van der Waals surface area contributed by atoms with Crippen molar-refractivity contribution in [1.82, 2.24) is 19.7 Å². The van der Waals surface area contributed by atoms with Gasteiger partial charge in [-0.05, 0) is 55.2 Å². The lowest BCUT2D eigenvalue weighted by Gasteiger charge is -2.38. The van der Waals surface area contributed by atoms with Crippen LogP contribution in [0.5, 0.6) is 5.75 Å². The number of esters is 1. The van der Waals surface area contributed by atoms with Gasteiger partial charge >= 0.3 is 12.1 Å². The summed E-state index contributed by atoms with van der Waals surface area (Å²) in [5.74, 6) is -0.749. The molecule has 0 amide bonds. The van der Waals surface area contributed by atoms with Crippen LogP contribution in [0.3, 0.4) is 0 Å². The molecule has 2 aromatic heterocycles. The zero-order valence-corrected chi connectivity index (χ0v) is 23.0. The van der Waals surface area contributed by atoms with Gasteiger partial charge in [0.1, 0.15) is 23.2 Å². The minimum atomic E-state index is -5.06. The van der Waals surface area contributed by atoms with Crippen molar-refractivity contribution >= 4 is 22.8 Å². The molecule has 0 bridgehead atoms. The summed E-state index contributed by atoms with van der Waals surface area (Å²) in [5, 5.41) is 18.3. The maximum atomic E-state index is 14.4. The van der Waals surface area contributed by atoms with Crippen molar-refractivity contribution in [3.8, 4) is 11.4 Å². The van der Waals surface area contributed by atoms with E-state index in [2.05, 4.69) is 20.4 Å². The predicted molar refractivity (Wildman–Crippen MR) is 143 cm³/mol. The average molecular weight is 576 g/mol. The SMILES string of the molecule is COC(=O)c1cccc(-n2ncc3c(NCC(O)(CC(C)(C)c4cc(F)ccc4OC)C(F)(F)F)nc(C)nc32)c1. The molecule has 2 aromatic carbocycles. The van der Waals surface area contributed by atoms with Crippen LogP contribution in [-0.2, 0) is 10.2 Å². The van der Waals surface area contributed by atoms with Gasteiger partial charge < -0.3 is 19.9 Å². The second-order valence-corrected chi connectivity index (χ2v) is 10.2. The first kappa shape index (κ1) is 29.7. The molecular weight excluding hydrogens is 546 g/mol. The van der Waals surface area contributed by atoms with Crippen LogP contribution in [0.25, 0.3) is 16.7 Å². The van der Waals surface area contributed by atoms with E-state index in [4.69, 9.17) is 9.47 Å². The standard InChI is InChI=1S/C28H29F4N5O4/c1-16-35-23(20-13-34-37(24(20)36-16)19-8-6-7-17(11-19)25(38)41-5)33-15-27(39,28(30,31)32)14-26(2,3)21-12-18(29)9-10-22(21)40-4/h6-13,39H,14-15H2,1-5H3,(H,33,35,36). The summed E-state index contributed by atoms with van der Waals surface area (Å²) in [6.45, 7) is 3.54. The fourth-order valence-corrected chi connectivity index (χ4v) is 4.75. The molecule has 0 spiro atoms. The fraction of sp³-hybridized carbons (Fsp3) is 0.357. The number of benzene rings is 2. The van der Waals surface area contributed by atoms with Gasteiger partial charge in [-0.3, -0.25) is 0 Å². The zero-order chi connectivity index (χ0) is 30.2. The summed E-state index contributed by atoms with van der Waals surface area (Å²) >= 11 is 0. The number of ether oxygens (including phenoxy) is 2. The highest BCUT2D eigenvalue weighted by molar-refractivity contribution is 5.91. The van der Waals surface area contributed by atoms with E-state index in [-0.39, 0.29) is 39.6 Å². The van der Waals surface area contributed by atoms with Crippen LogP contribution < -0.4 is 10.1 Å². The highest BCUT2D eigenvalue weighted by Crippen LogP contribution is 2.44. The van der Waals surface area contributed by atoms with Crippen molar-refractivity contribution in [1.29, 1.82) is 0 Å². The number of aromatic nitrogens is 4. The minimum Gasteiger partial charge on any atom is -0.496 e. The van der Waals surface area contributed by atoms with Gasteiger partial charge in [0, 0.05) is 5.56 Å². The summed E-state index contributed by atoms with van der Waals surface area (Å²) in [7, 11) is 2.59. The Bertz CT molecular complexity index is 1590. The van der Waals surface area contributed by atoms with Gasteiger partial charge in [-0.25, -0.2) is 23.8 Å². The molecule has 13 heteroatoms. The molecule has 0 aliphatic rings. The Balaban J connectivity index is 1.69. The number of anilines is 1. The van der Waals surface area contributed by atoms with Crippen LogP contribution >= 0.6 is 0 Å². The Kier molecular flexibility index (Phi) is 7.94. The Morgan fingerprint density at radius 2 is 1.83 bits per heavy atom. The lowest BCUT2D eigenvalue weighted by Crippen LogP contribution is -2.53. The number of aliphatic hydroxyl groups is 1. The molecule has 0 radical (unpaired) electrons. The lowest BCUT2D eigenvalue weighted by molar-refractivity contribution is -0.260. The Labute approximate surface area is 233 Å². The molecule has 4 aromatic rings. The second-order valence-electron chi connectivity index (χ2n) is 10.2. The van der Waals surface area contributed by atoms with Gasteiger partial charge in [0.2, 0.25) is 0 Å². The van der Waals surface area contributed by atoms with E-state index in [0.717, 1.165) is 12.1 Å². The Morgan fingerprint density at radius 3 is 2.49 bits per heavy atom. The summed E-state index contributed by atoms with van der Waals surface area (Å²) < 4.78 is 68.6. The smallest absolute Gasteiger partial charge is 0.418 e. The van der Waals surface area contributed by atoms with E-state index >= 15 is 0 Å². The number of halogens is 4. The molecule has 41 heavy (non-hydrogen) atoms. The molecule has 2 heterocycles. The van der Waals surface area contributed by atoms with E-state index in [1.807, 2.05) is 0 Å². The third-order valence-corrected chi connectivity index (χ3v) is 6.75. The summed E-state index contributed by atoms with van der Waals surface area (Å²) in [5.41, 5.74) is -3.42. The molecule has 0 aliphatic carbocycles. The molecule has 2 N–H and O–H groups in total. The van der Waals surface area contributed by atoms with Gasteiger partial charge in [-0.2, -0.15) is 18.3 Å². The van der Waals surface area contributed by atoms with Crippen LogP contribution in [-0.4, -0.2) is 63.4 Å². The molecule has 9 nitrogen and oxygen atoms in total. The average Bonchev–Trinajstić information content (AvgIpc) is 3.34. The van der Waals surface area contributed by atoms with Crippen LogP contribution in [0, 0.1) is 12.7 Å². The van der Waals surface area contributed by atoms with E-state index in [1.165, 1.54) is 51.1 Å². The molecule has 0 saturated heterocycles. The van der Waals surface area contributed by atoms with Crippen LogP contribution in [0.1, 0.15) is 42.0 Å². The van der Waals surface area contributed by atoms with Crippen molar-refractivity contribution < 1.29 is 36.9 Å². The number of nitrogens with zero attached hydrogens (tertiary/aromatic N) is 4. The number of carbonyl (C=O) groups excluding carboxylic acids is 1. The number of fused-ring (bicyclic) bond motifs is 1. The fourth-order valence-electron chi connectivity index (χ4n) is 4.75.